The maximum absolute atomic E-state index is 13.2. The van der Waals surface area contributed by atoms with Crippen LogP contribution in [0.3, 0.4) is 0 Å². The largest absolute Gasteiger partial charge is 0.489 e. The first kappa shape index (κ1) is 22.1. The molecule has 0 bridgehead atoms. The fraction of sp³-hybridized carbons (Fsp3) is 0.292. The van der Waals surface area contributed by atoms with E-state index in [2.05, 4.69) is 0 Å². The summed E-state index contributed by atoms with van der Waals surface area (Å²) in [6, 6.07) is 16.0. The zero-order valence-electron chi connectivity index (χ0n) is 17.8. The molecule has 2 aromatic rings. The van der Waals surface area contributed by atoms with Gasteiger partial charge in [0.15, 0.2) is 0 Å². The number of benzene rings is 2. The number of rotatable bonds is 7. The van der Waals surface area contributed by atoms with Crippen molar-refractivity contribution in [2.24, 2.45) is 5.92 Å². The first-order valence-corrected chi connectivity index (χ1v) is 10.1. The molecule has 0 saturated carbocycles. The minimum absolute atomic E-state index is 0.175. The monoisotopic (exact) mass is 422 g/mol. The third kappa shape index (κ3) is 5.12. The maximum atomic E-state index is 13.2. The minimum atomic E-state index is -1.13. The Bertz CT molecular complexity index is 1000. The lowest BCUT2D eigenvalue weighted by molar-refractivity contribution is -0.148. The van der Waals surface area contributed by atoms with E-state index in [1.165, 1.54) is 16.7 Å². The van der Waals surface area contributed by atoms with E-state index >= 15 is 0 Å². The van der Waals surface area contributed by atoms with E-state index in [-0.39, 0.29) is 11.8 Å². The summed E-state index contributed by atoms with van der Waals surface area (Å²) < 4.78 is 5.87. The van der Waals surface area contributed by atoms with Crippen molar-refractivity contribution in [1.29, 1.82) is 0 Å². The number of hydrogen-bond acceptors (Lipinski definition) is 4. The van der Waals surface area contributed by atoms with Crippen LogP contribution in [0.5, 0.6) is 5.75 Å². The number of aliphatic carboxylic acids is 1. The van der Waals surface area contributed by atoms with E-state index in [1.807, 2.05) is 44.2 Å². The van der Waals surface area contributed by atoms with Gasteiger partial charge in [-0.1, -0.05) is 56.3 Å². The number of carbonyl (C=O) groups excluding carboxylic acids is 2. The summed E-state index contributed by atoms with van der Waals surface area (Å²) in [6.45, 7) is 4.93. The molecule has 7 heteroatoms. The predicted molar refractivity (Wildman–Crippen MR) is 116 cm³/mol. The van der Waals surface area contributed by atoms with Crippen LogP contribution in [0, 0.1) is 5.92 Å². The van der Waals surface area contributed by atoms with Crippen molar-refractivity contribution in [3.63, 3.8) is 0 Å². The Kier molecular flexibility index (Phi) is 6.74. The topological polar surface area (TPSA) is 87.2 Å². The van der Waals surface area contributed by atoms with Gasteiger partial charge in [-0.05, 0) is 23.6 Å². The van der Waals surface area contributed by atoms with Gasteiger partial charge in [0, 0.05) is 18.7 Å². The molecule has 1 aliphatic rings. The summed E-state index contributed by atoms with van der Waals surface area (Å²) in [5.41, 5.74) is 1.95. The summed E-state index contributed by atoms with van der Waals surface area (Å²) in [5, 5.41) is 9.39. The summed E-state index contributed by atoms with van der Waals surface area (Å²) >= 11 is 0. The van der Waals surface area contributed by atoms with Gasteiger partial charge in [0.25, 0.3) is 5.91 Å². The van der Waals surface area contributed by atoms with Crippen LogP contribution in [0.1, 0.15) is 31.9 Å². The quantitative estimate of drug-likeness (QED) is 0.739. The first-order chi connectivity index (χ1) is 14.8. The smallest absolute Gasteiger partial charge is 0.323 e. The molecule has 0 radical (unpaired) electrons. The summed E-state index contributed by atoms with van der Waals surface area (Å²) in [4.78, 5) is 39.5. The molecule has 1 aliphatic heterocycles. The molecule has 2 aromatic carbocycles. The molecule has 162 valence electrons. The fourth-order valence-corrected chi connectivity index (χ4v) is 3.59. The molecule has 0 aliphatic carbocycles. The van der Waals surface area contributed by atoms with Crippen molar-refractivity contribution in [3.05, 3.63) is 71.9 Å². The zero-order valence-corrected chi connectivity index (χ0v) is 17.8. The average Bonchev–Trinajstić information content (AvgIpc) is 2.73. The van der Waals surface area contributed by atoms with Gasteiger partial charge in [-0.25, -0.2) is 0 Å². The van der Waals surface area contributed by atoms with E-state index < -0.39 is 24.5 Å². The molecule has 7 nitrogen and oxygen atoms in total. The Morgan fingerprint density at radius 3 is 2.42 bits per heavy atom. The zero-order chi connectivity index (χ0) is 22.5. The van der Waals surface area contributed by atoms with E-state index in [0.29, 0.717) is 23.6 Å². The lowest BCUT2D eigenvalue weighted by Crippen LogP contribution is -2.55. The van der Waals surface area contributed by atoms with Crippen LogP contribution in [-0.2, 0) is 21.0 Å². The highest BCUT2D eigenvalue weighted by molar-refractivity contribution is 5.98. The average molecular weight is 422 g/mol. The van der Waals surface area contributed by atoms with Gasteiger partial charge >= 0.3 is 5.97 Å². The van der Waals surface area contributed by atoms with Gasteiger partial charge in [-0.3, -0.25) is 19.3 Å². The summed E-state index contributed by atoms with van der Waals surface area (Å²) in [6.07, 6.45) is 1.56. The SMILES string of the molecule is CC(=O)N1C=C(c2cccc(OCc3ccccc3)c2)N(CC(=O)O)C(=O)C1C(C)C. The minimum Gasteiger partial charge on any atom is -0.489 e. The van der Waals surface area contributed by atoms with Crippen molar-refractivity contribution in [3.8, 4) is 5.75 Å². The number of nitrogens with zero attached hydrogens (tertiary/aromatic N) is 2. The van der Waals surface area contributed by atoms with Crippen LogP contribution in [0.4, 0.5) is 0 Å². The molecule has 0 fully saturated rings. The Morgan fingerprint density at radius 2 is 1.81 bits per heavy atom. The second-order valence-electron chi connectivity index (χ2n) is 7.75. The number of ether oxygens (including phenoxy) is 1. The Morgan fingerprint density at radius 1 is 1.10 bits per heavy atom. The van der Waals surface area contributed by atoms with Crippen LogP contribution in [-0.4, -0.2) is 45.3 Å². The molecule has 1 unspecified atom stereocenters. The van der Waals surface area contributed by atoms with Crippen molar-refractivity contribution in [2.45, 2.75) is 33.4 Å². The van der Waals surface area contributed by atoms with Crippen LogP contribution >= 0.6 is 0 Å². The third-order valence-corrected chi connectivity index (χ3v) is 5.04. The molecule has 3 rings (SSSR count). The lowest BCUT2D eigenvalue weighted by atomic mass is 9.97. The molecule has 1 heterocycles. The summed E-state index contributed by atoms with van der Waals surface area (Å²) in [5.74, 6) is -1.43. The molecule has 0 spiro atoms. The van der Waals surface area contributed by atoms with Crippen LogP contribution in [0.15, 0.2) is 60.8 Å². The van der Waals surface area contributed by atoms with E-state index in [9.17, 15) is 19.5 Å². The highest BCUT2D eigenvalue weighted by atomic mass is 16.5. The Labute approximate surface area is 181 Å². The van der Waals surface area contributed by atoms with Crippen molar-refractivity contribution in [2.75, 3.05) is 6.54 Å². The number of carbonyl (C=O) groups is 3. The van der Waals surface area contributed by atoms with Gasteiger partial charge in [0.1, 0.15) is 24.9 Å². The Hall–Kier alpha value is -3.61. The van der Waals surface area contributed by atoms with Crippen molar-refractivity contribution in [1.82, 2.24) is 9.80 Å². The van der Waals surface area contributed by atoms with Gasteiger partial charge in [0.2, 0.25) is 5.91 Å². The number of hydrogen-bond donors (Lipinski definition) is 1. The van der Waals surface area contributed by atoms with Gasteiger partial charge < -0.3 is 14.7 Å². The highest BCUT2D eigenvalue weighted by Crippen LogP contribution is 2.31. The molecule has 1 atom stereocenters. The standard InChI is InChI=1S/C24H26N2O5/c1-16(2)23-24(30)26(14-22(28)29)21(13-25(23)17(3)27)19-10-7-11-20(12-19)31-15-18-8-5-4-6-9-18/h4-13,16,23H,14-15H2,1-3H3,(H,28,29). The molecular weight excluding hydrogens is 396 g/mol. The van der Waals surface area contributed by atoms with Crippen molar-refractivity contribution >= 4 is 23.5 Å². The Balaban J connectivity index is 1.97. The molecule has 2 amide bonds. The molecule has 31 heavy (non-hydrogen) atoms. The fourth-order valence-electron chi connectivity index (χ4n) is 3.59. The van der Waals surface area contributed by atoms with E-state index in [1.54, 1.807) is 30.5 Å². The van der Waals surface area contributed by atoms with Crippen molar-refractivity contribution < 1.29 is 24.2 Å². The highest BCUT2D eigenvalue weighted by Gasteiger charge is 2.40. The lowest BCUT2D eigenvalue weighted by Gasteiger charge is -2.40. The van der Waals surface area contributed by atoms with E-state index in [0.717, 1.165) is 5.56 Å². The number of amides is 2. The molecular formula is C24H26N2O5. The van der Waals surface area contributed by atoms with Crippen LogP contribution < -0.4 is 4.74 Å². The predicted octanol–water partition coefficient (Wildman–Crippen LogP) is 3.36. The van der Waals surface area contributed by atoms with Crippen LogP contribution in [0.2, 0.25) is 0 Å². The maximum Gasteiger partial charge on any atom is 0.323 e. The van der Waals surface area contributed by atoms with E-state index in [4.69, 9.17) is 4.74 Å². The molecule has 0 saturated heterocycles. The van der Waals surface area contributed by atoms with Gasteiger partial charge in [-0.2, -0.15) is 0 Å². The third-order valence-electron chi connectivity index (χ3n) is 5.04. The molecule has 1 N–H and O–H groups in total. The number of carboxylic acid groups (broad SMARTS) is 1. The first-order valence-electron chi connectivity index (χ1n) is 10.1. The number of carboxylic acids is 1. The normalized spacial score (nSPS) is 16.3. The molecule has 0 aromatic heterocycles. The van der Waals surface area contributed by atoms with Gasteiger partial charge in [-0.15, -0.1) is 0 Å². The second kappa shape index (κ2) is 9.47. The van der Waals surface area contributed by atoms with Gasteiger partial charge in [0.05, 0.1) is 5.70 Å². The second-order valence-corrected chi connectivity index (χ2v) is 7.75. The summed E-state index contributed by atoms with van der Waals surface area (Å²) in [7, 11) is 0. The van der Waals surface area contributed by atoms with Crippen LogP contribution in [0.25, 0.3) is 5.70 Å².